The summed E-state index contributed by atoms with van der Waals surface area (Å²) in [5.74, 6) is 1.52. The normalized spacial score (nSPS) is 20.6. The van der Waals surface area contributed by atoms with Crippen LogP contribution in [0.2, 0.25) is 10.0 Å². The molecule has 0 unspecified atom stereocenters. The molecule has 1 spiro atoms. The average Bonchev–Trinajstić information content (AvgIpc) is 3.15. The molecule has 0 aromatic heterocycles. The Kier molecular flexibility index (Phi) is 8.71. The molecule has 0 amide bonds. The Bertz CT molecular complexity index is 1910. The van der Waals surface area contributed by atoms with Crippen molar-refractivity contribution in [2.24, 2.45) is 11.8 Å². The lowest BCUT2D eigenvalue weighted by molar-refractivity contribution is -0.225. The van der Waals surface area contributed by atoms with Crippen LogP contribution in [0, 0.1) is 11.8 Å². The van der Waals surface area contributed by atoms with E-state index in [-0.39, 0.29) is 11.8 Å². The van der Waals surface area contributed by atoms with Gasteiger partial charge in [-0.15, -0.1) is 0 Å². The van der Waals surface area contributed by atoms with Crippen LogP contribution in [0.1, 0.15) is 30.4 Å². The van der Waals surface area contributed by atoms with Crippen molar-refractivity contribution >= 4 is 70.9 Å². The van der Waals surface area contributed by atoms with Crippen LogP contribution >= 0.6 is 39.0 Å². The molecule has 2 atom stereocenters. The fraction of sp³-hybridized carbons (Fsp3) is 0.182. The molecule has 50 heavy (non-hydrogen) atoms. The molecule has 248 valence electrons. The van der Waals surface area contributed by atoms with E-state index in [1.165, 1.54) is 32.3 Å². The van der Waals surface area contributed by atoms with Crippen molar-refractivity contribution in [1.82, 2.24) is 0 Å². The van der Waals surface area contributed by atoms with Crippen molar-refractivity contribution in [2.45, 2.75) is 37.9 Å². The SMILES string of the molecule is Clc1cc2c(c(P(c3ccccc3)c3ccccc3)c1)OC13Oc4c(cc(Cl)cc4P(c4ccccc4)c4ccccc4)C[C@H]1CCC[C@@H]3C2. The Morgan fingerprint density at radius 3 is 1.16 bits per heavy atom. The molecule has 6 aromatic rings. The quantitative estimate of drug-likeness (QED) is 0.159. The van der Waals surface area contributed by atoms with Crippen LogP contribution in [-0.2, 0) is 12.8 Å². The molecule has 0 bridgehead atoms. The van der Waals surface area contributed by atoms with Gasteiger partial charge in [-0.05, 0) is 98.1 Å². The first-order valence-electron chi connectivity index (χ1n) is 17.4. The standard InChI is InChI=1S/C44H36Cl2O2P2/c45-34-26-30-24-32-14-13-15-33-25-31-27-35(46)29-41(50(38-20-9-3-10-21-38)39-22-11-4-12-23-39)43(31)48-44(32,33)47-42(30)40(28-34)49(36-16-5-1-6-17-36)37-18-7-2-8-19-37/h1-12,16-23,26-29,32-33H,13-15,24-25H2/t32-,33-,44?/m1/s1. The molecule has 0 N–H and O–H groups in total. The zero-order valence-corrected chi connectivity index (χ0v) is 30.8. The van der Waals surface area contributed by atoms with E-state index in [2.05, 4.69) is 146 Å². The number of benzene rings is 6. The van der Waals surface area contributed by atoms with Gasteiger partial charge in [-0.1, -0.05) is 151 Å². The Labute approximate surface area is 306 Å². The van der Waals surface area contributed by atoms with Crippen molar-refractivity contribution < 1.29 is 9.47 Å². The lowest BCUT2D eigenvalue weighted by Crippen LogP contribution is -2.62. The minimum Gasteiger partial charge on any atom is -0.451 e. The third-order valence-electron chi connectivity index (χ3n) is 10.5. The molecule has 1 fully saturated rings. The number of fused-ring (bicyclic) bond motifs is 2. The van der Waals surface area contributed by atoms with E-state index in [1.807, 2.05) is 0 Å². The highest BCUT2D eigenvalue weighted by atomic mass is 35.5. The Balaban J connectivity index is 1.21. The second-order valence-corrected chi connectivity index (χ2v) is 18.7. The highest BCUT2D eigenvalue weighted by Crippen LogP contribution is 2.55. The van der Waals surface area contributed by atoms with Gasteiger partial charge in [0.15, 0.2) is 0 Å². The zero-order valence-electron chi connectivity index (χ0n) is 27.5. The summed E-state index contributed by atoms with van der Waals surface area (Å²) in [4.78, 5) is 0. The molecule has 6 aromatic carbocycles. The summed E-state index contributed by atoms with van der Waals surface area (Å²) >= 11 is 14.0. The summed E-state index contributed by atoms with van der Waals surface area (Å²) in [6.45, 7) is 0. The van der Waals surface area contributed by atoms with Gasteiger partial charge in [-0.25, -0.2) is 0 Å². The lowest BCUT2D eigenvalue weighted by atomic mass is 9.68. The van der Waals surface area contributed by atoms with Crippen LogP contribution in [0.5, 0.6) is 11.5 Å². The van der Waals surface area contributed by atoms with Crippen molar-refractivity contribution in [2.75, 3.05) is 0 Å². The third kappa shape index (κ3) is 5.76. The number of hydrogen-bond donors (Lipinski definition) is 0. The lowest BCUT2D eigenvalue weighted by Gasteiger charge is -2.54. The Morgan fingerprint density at radius 1 is 0.480 bits per heavy atom. The van der Waals surface area contributed by atoms with Gasteiger partial charge in [0.1, 0.15) is 11.5 Å². The van der Waals surface area contributed by atoms with Crippen molar-refractivity contribution in [3.05, 3.63) is 167 Å². The molecule has 2 aliphatic heterocycles. The molecule has 2 nitrogen and oxygen atoms in total. The average molecular weight is 730 g/mol. The molecule has 9 rings (SSSR count). The first-order valence-corrected chi connectivity index (χ1v) is 20.8. The minimum absolute atomic E-state index is 0.205. The fourth-order valence-corrected chi connectivity index (χ4v) is 13.9. The van der Waals surface area contributed by atoms with Crippen LogP contribution in [0.15, 0.2) is 146 Å². The molecular formula is C44H36Cl2O2P2. The van der Waals surface area contributed by atoms with Gasteiger partial charge in [0.25, 0.3) is 5.79 Å². The molecule has 3 aliphatic rings. The number of hydrogen-bond acceptors (Lipinski definition) is 2. The van der Waals surface area contributed by atoms with Gasteiger partial charge < -0.3 is 9.47 Å². The number of ether oxygens (including phenoxy) is 2. The molecule has 1 aliphatic carbocycles. The first kappa shape index (κ1) is 32.3. The van der Waals surface area contributed by atoms with E-state index < -0.39 is 21.6 Å². The van der Waals surface area contributed by atoms with Crippen molar-refractivity contribution in [3.8, 4) is 11.5 Å². The highest BCUT2D eigenvalue weighted by molar-refractivity contribution is 7.80. The highest BCUT2D eigenvalue weighted by Gasteiger charge is 2.58. The monoisotopic (exact) mass is 728 g/mol. The minimum atomic E-state index is -0.943. The van der Waals surface area contributed by atoms with Crippen molar-refractivity contribution in [1.29, 1.82) is 0 Å². The fourth-order valence-electron chi connectivity index (χ4n) is 8.34. The Morgan fingerprint density at radius 2 is 0.820 bits per heavy atom. The van der Waals surface area contributed by atoms with Crippen LogP contribution < -0.4 is 41.3 Å². The van der Waals surface area contributed by atoms with E-state index in [9.17, 15) is 0 Å². The summed E-state index contributed by atoms with van der Waals surface area (Å²) < 4.78 is 15.2. The molecule has 0 saturated heterocycles. The third-order valence-corrected chi connectivity index (χ3v) is 15.8. The van der Waals surface area contributed by atoms with Crippen LogP contribution in [-0.4, -0.2) is 5.79 Å². The summed E-state index contributed by atoms with van der Waals surface area (Å²) in [6, 6.07) is 51.8. The summed E-state index contributed by atoms with van der Waals surface area (Å²) in [5.41, 5.74) is 2.37. The smallest absolute Gasteiger partial charge is 0.257 e. The predicted molar refractivity (Wildman–Crippen MR) is 213 cm³/mol. The maximum atomic E-state index is 7.58. The van der Waals surface area contributed by atoms with Crippen LogP contribution in [0.3, 0.4) is 0 Å². The van der Waals surface area contributed by atoms with Gasteiger partial charge in [0.2, 0.25) is 0 Å². The molecule has 0 radical (unpaired) electrons. The second kappa shape index (κ2) is 13.5. The van der Waals surface area contributed by atoms with Gasteiger partial charge >= 0.3 is 0 Å². The summed E-state index contributed by atoms with van der Waals surface area (Å²) in [6.07, 6.45) is 4.99. The molecule has 2 heterocycles. The van der Waals surface area contributed by atoms with Crippen LogP contribution in [0.4, 0.5) is 0 Å². The zero-order chi connectivity index (χ0) is 33.7. The first-order chi connectivity index (χ1) is 24.6. The summed E-state index contributed by atoms with van der Waals surface area (Å²) in [5, 5.41) is 8.89. The van der Waals surface area contributed by atoms with E-state index in [0.717, 1.165) is 64.3 Å². The van der Waals surface area contributed by atoms with E-state index in [1.54, 1.807) is 0 Å². The van der Waals surface area contributed by atoms with E-state index in [0.29, 0.717) is 0 Å². The maximum absolute atomic E-state index is 7.58. The molecule has 6 heteroatoms. The number of rotatable bonds is 6. The second-order valence-electron chi connectivity index (χ2n) is 13.5. The van der Waals surface area contributed by atoms with Gasteiger partial charge in [-0.3, -0.25) is 0 Å². The van der Waals surface area contributed by atoms with Crippen LogP contribution in [0.25, 0.3) is 0 Å². The van der Waals surface area contributed by atoms with E-state index >= 15 is 0 Å². The summed E-state index contributed by atoms with van der Waals surface area (Å²) in [7, 11) is -1.89. The largest absolute Gasteiger partial charge is 0.451 e. The molecular weight excluding hydrogens is 693 g/mol. The Hall–Kier alpha value is -3.64. The van der Waals surface area contributed by atoms with Crippen molar-refractivity contribution in [3.63, 3.8) is 0 Å². The van der Waals surface area contributed by atoms with Gasteiger partial charge in [0, 0.05) is 32.5 Å². The number of halogens is 2. The molecule has 1 saturated carbocycles. The predicted octanol–water partition coefficient (Wildman–Crippen LogP) is 9.19. The van der Waals surface area contributed by atoms with E-state index in [4.69, 9.17) is 32.7 Å². The maximum Gasteiger partial charge on any atom is 0.257 e. The van der Waals surface area contributed by atoms with Gasteiger partial charge in [0.05, 0.1) is 0 Å². The topological polar surface area (TPSA) is 18.5 Å². The van der Waals surface area contributed by atoms with Gasteiger partial charge in [-0.2, -0.15) is 0 Å².